The van der Waals surface area contributed by atoms with E-state index >= 15 is 0 Å². The highest BCUT2D eigenvalue weighted by Crippen LogP contribution is 2.10. The Morgan fingerprint density at radius 1 is 1.46 bits per heavy atom. The summed E-state index contributed by atoms with van der Waals surface area (Å²) in [5, 5.41) is 3.27. The lowest BCUT2D eigenvalue weighted by Gasteiger charge is -2.23. The lowest BCUT2D eigenvalue weighted by molar-refractivity contribution is 0.0755. The molecule has 1 aromatic rings. The summed E-state index contributed by atoms with van der Waals surface area (Å²) in [7, 11) is 0. The minimum atomic E-state index is -0.0649. The van der Waals surface area contributed by atoms with Crippen molar-refractivity contribution in [3.8, 4) is 0 Å². The molecular formula is C9H12N2O2. The molecule has 0 amide bonds. The Morgan fingerprint density at radius 3 is 3.08 bits per heavy atom. The quantitative estimate of drug-likeness (QED) is 0.641. The van der Waals surface area contributed by atoms with Gasteiger partial charge in [-0.05, 0) is 6.07 Å². The number of hydrogen-bond donors (Lipinski definition) is 2. The van der Waals surface area contributed by atoms with E-state index in [1.165, 1.54) is 6.07 Å². The summed E-state index contributed by atoms with van der Waals surface area (Å²) < 4.78 is 5.29. The molecule has 4 nitrogen and oxygen atoms in total. The summed E-state index contributed by atoms with van der Waals surface area (Å²) in [6, 6.07) is 5.29. The maximum Gasteiger partial charge on any atom is 0.248 e. The molecule has 0 radical (unpaired) electrons. The van der Waals surface area contributed by atoms with Gasteiger partial charge in [0.1, 0.15) is 0 Å². The van der Waals surface area contributed by atoms with Crippen LogP contribution >= 0.6 is 0 Å². The molecule has 1 atom stereocenters. The number of aromatic amines is 1. The van der Waals surface area contributed by atoms with Crippen molar-refractivity contribution in [3.05, 3.63) is 34.2 Å². The van der Waals surface area contributed by atoms with Crippen LogP contribution in [0, 0.1) is 0 Å². The molecule has 0 saturated carbocycles. The minimum absolute atomic E-state index is 0.0649. The Balaban J connectivity index is 2.19. The molecule has 0 aliphatic carbocycles. The summed E-state index contributed by atoms with van der Waals surface area (Å²) >= 11 is 0. The number of ether oxygens (including phenoxy) is 1. The van der Waals surface area contributed by atoms with Crippen molar-refractivity contribution < 1.29 is 4.74 Å². The number of aromatic nitrogens is 1. The van der Waals surface area contributed by atoms with Crippen LogP contribution in [0.15, 0.2) is 23.0 Å². The van der Waals surface area contributed by atoms with E-state index < -0.39 is 0 Å². The fourth-order valence-corrected chi connectivity index (χ4v) is 1.43. The van der Waals surface area contributed by atoms with Crippen molar-refractivity contribution in [1.82, 2.24) is 10.3 Å². The molecule has 70 valence electrons. The molecule has 4 heteroatoms. The molecule has 2 heterocycles. The first-order chi connectivity index (χ1) is 6.36. The number of morpholine rings is 1. The van der Waals surface area contributed by atoms with Crippen molar-refractivity contribution in [2.75, 3.05) is 19.8 Å². The SMILES string of the molecule is O=c1cccc(C2COCCN2)[nH]1. The summed E-state index contributed by atoms with van der Waals surface area (Å²) in [5.41, 5.74) is 0.831. The second-order valence-corrected chi connectivity index (χ2v) is 3.05. The van der Waals surface area contributed by atoms with Crippen molar-refractivity contribution >= 4 is 0 Å². The number of pyridine rings is 1. The maximum absolute atomic E-state index is 11.0. The van der Waals surface area contributed by atoms with Crippen molar-refractivity contribution in [2.45, 2.75) is 6.04 Å². The van der Waals surface area contributed by atoms with Crippen LogP contribution in [-0.2, 0) is 4.74 Å². The van der Waals surface area contributed by atoms with Gasteiger partial charge < -0.3 is 15.0 Å². The van der Waals surface area contributed by atoms with Crippen LogP contribution in [0.2, 0.25) is 0 Å². The molecule has 13 heavy (non-hydrogen) atoms. The Hall–Kier alpha value is -1.13. The van der Waals surface area contributed by atoms with Gasteiger partial charge in [-0.1, -0.05) is 6.07 Å². The van der Waals surface area contributed by atoms with Crippen LogP contribution in [-0.4, -0.2) is 24.7 Å². The Labute approximate surface area is 75.9 Å². The molecular weight excluding hydrogens is 168 g/mol. The van der Waals surface area contributed by atoms with Gasteiger partial charge in [0.2, 0.25) is 5.56 Å². The highest BCUT2D eigenvalue weighted by atomic mass is 16.5. The Morgan fingerprint density at radius 2 is 2.38 bits per heavy atom. The van der Waals surface area contributed by atoms with Gasteiger partial charge in [-0.2, -0.15) is 0 Å². The molecule has 2 rings (SSSR count). The van der Waals surface area contributed by atoms with E-state index in [1.54, 1.807) is 6.07 Å². The Bertz CT molecular complexity index is 328. The van der Waals surface area contributed by atoms with Gasteiger partial charge in [0.25, 0.3) is 0 Å². The van der Waals surface area contributed by atoms with E-state index in [0.29, 0.717) is 6.61 Å². The molecule has 1 aliphatic heterocycles. The summed E-state index contributed by atoms with van der Waals surface area (Å²) in [6.45, 7) is 2.20. The third-order valence-electron chi connectivity index (χ3n) is 2.09. The van der Waals surface area contributed by atoms with Gasteiger partial charge in [0.15, 0.2) is 0 Å². The fraction of sp³-hybridized carbons (Fsp3) is 0.444. The molecule has 0 aromatic carbocycles. The zero-order chi connectivity index (χ0) is 9.10. The van der Waals surface area contributed by atoms with E-state index in [-0.39, 0.29) is 11.6 Å². The average molecular weight is 180 g/mol. The zero-order valence-corrected chi connectivity index (χ0v) is 7.25. The van der Waals surface area contributed by atoms with Gasteiger partial charge >= 0.3 is 0 Å². The lowest BCUT2D eigenvalue weighted by atomic mass is 10.2. The zero-order valence-electron chi connectivity index (χ0n) is 7.25. The third kappa shape index (κ3) is 1.96. The molecule has 0 spiro atoms. The van der Waals surface area contributed by atoms with E-state index in [4.69, 9.17) is 4.74 Å². The van der Waals surface area contributed by atoms with E-state index in [2.05, 4.69) is 10.3 Å². The highest BCUT2D eigenvalue weighted by molar-refractivity contribution is 5.09. The molecule has 0 bridgehead atoms. The normalized spacial score (nSPS) is 22.9. The topological polar surface area (TPSA) is 54.1 Å². The summed E-state index contributed by atoms with van der Waals surface area (Å²) in [5.74, 6) is 0. The molecule has 1 aliphatic rings. The molecule has 1 saturated heterocycles. The van der Waals surface area contributed by atoms with Gasteiger partial charge in [-0.3, -0.25) is 4.79 Å². The van der Waals surface area contributed by atoms with Gasteiger partial charge in [0, 0.05) is 18.3 Å². The van der Waals surface area contributed by atoms with Crippen molar-refractivity contribution in [1.29, 1.82) is 0 Å². The van der Waals surface area contributed by atoms with Crippen LogP contribution in [0.3, 0.4) is 0 Å². The summed E-state index contributed by atoms with van der Waals surface area (Å²) in [4.78, 5) is 13.8. The second kappa shape index (κ2) is 3.72. The number of hydrogen-bond acceptors (Lipinski definition) is 3. The van der Waals surface area contributed by atoms with Crippen molar-refractivity contribution in [3.63, 3.8) is 0 Å². The Kier molecular flexibility index (Phi) is 2.42. The fourth-order valence-electron chi connectivity index (χ4n) is 1.43. The number of nitrogens with one attached hydrogen (secondary N) is 2. The van der Waals surface area contributed by atoms with Crippen LogP contribution < -0.4 is 10.9 Å². The van der Waals surface area contributed by atoms with Crippen LogP contribution in [0.5, 0.6) is 0 Å². The van der Waals surface area contributed by atoms with E-state index in [1.807, 2.05) is 6.07 Å². The second-order valence-electron chi connectivity index (χ2n) is 3.05. The van der Waals surface area contributed by atoms with Crippen molar-refractivity contribution in [2.24, 2.45) is 0 Å². The van der Waals surface area contributed by atoms with Gasteiger partial charge in [0.05, 0.1) is 19.3 Å². The van der Waals surface area contributed by atoms with Gasteiger partial charge in [-0.25, -0.2) is 0 Å². The predicted octanol–water partition coefficient (Wildman–Crippen LogP) is 0.0358. The smallest absolute Gasteiger partial charge is 0.248 e. The van der Waals surface area contributed by atoms with Crippen LogP contribution in [0.4, 0.5) is 0 Å². The number of H-pyrrole nitrogens is 1. The molecule has 1 fully saturated rings. The van der Waals surface area contributed by atoms with Crippen LogP contribution in [0.25, 0.3) is 0 Å². The van der Waals surface area contributed by atoms with E-state index in [9.17, 15) is 4.79 Å². The first-order valence-electron chi connectivity index (χ1n) is 4.36. The maximum atomic E-state index is 11.0. The number of rotatable bonds is 1. The summed E-state index contributed by atoms with van der Waals surface area (Å²) in [6.07, 6.45) is 0. The standard InChI is InChI=1S/C9H12N2O2/c12-9-3-1-2-7(11-9)8-6-13-5-4-10-8/h1-3,8,10H,4-6H2,(H,11,12). The minimum Gasteiger partial charge on any atom is -0.378 e. The molecule has 1 aromatic heterocycles. The highest BCUT2D eigenvalue weighted by Gasteiger charge is 2.15. The largest absolute Gasteiger partial charge is 0.378 e. The first kappa shape index (κ1) is 8.47. The van der Waals surface area contributed by atoms with Gasteiger partial charge in [-0.15, -0.1) is 0 Å². The molecule has 2 N–H and O–H groups in total. The third-order valence-corrected chi connectivity index (χ3v) is 2.09. The average Bonchev–Trinajstić information content (AvgIpc) is 2.19. The lowest BCUT2D eigenvalue weighted by Crippen LogP contribution is -2.35. The van der Waals surface area contributed by atoms with E-state index in [0.717, 1.165) is 18.8 Å². The molecule has 1 unspecified atom stereocenters. The predicted molar refractivity (Wildman–Crippen MR) is 48.6 cm³/mol. The monoisotopic (exact) mass is 180 g/mol. The first-order valence-corrected chi connectivity index (χ1v) is 4.36. The van der Waals surface area contributed by atoms with Crippen LogP contribution in [0.1, 0.15) is 11.7 Å².